The third-order valence-electron chi connectivity index (χ3n) is 3.94. The van der Waals surface area contributed by atoms with Gasteiger partial charge in [-0.1, -0.05) is 30.7 Å². The van der Waals surface area contributed by atoms with Gasteiger partial charge in [-0.15, -0.1) is 11.3 Å². The molecule has 2 amide bonds. The molecule has 126 valence electrons. The summed E-state index contributed by atoms with van der Waals surface area (Å²) in [6.45, 7) is 3.30. The van der Waals surface area contributed by atoms with Crippen LogP contribution in [-0.4, -0.2) is 43.8 Å². The van der Waals surface area contributed by atoms with Crippen LogP contribution in [0.1, 0.15) is 22.9 Å². The summed E-state index contributed by atoms with van der Waals surface area (Å²) in [7, 11) is 3.56. The first-order valence-electron chi connectivity index (χ1n) is 7.93. The highest BCUT2D eigenvalue weighted by Gasteiger charge is 2.27. The number of hydrogen-bond donors (Lipinski definition) is 0. The van der Waals surface area contributed by atoms with E-state index < -0.39 is 0 Å². The first-order valence-corrected chi connectivity index (χ1v) is 9.13. The minimum absolute atomic E-state index is 0.00620. The van der Waals surface area contributed by atoms with Crippen molar-refractivity contribution in [3.05, 3.63) is 51.4 Å². The molecule has 2 heterocycles. The summed E-state index contributed by atoms with van der Waals surface area (Å²) in [4.78, 5) is 22.1. The normalized spacial score (nSPS) is 14.0. The van der Waals surface area contributed by atoms with Gasteiger partial charge in [0.2, 0.25) is 0 Å². The van der Waals surface area contributed by atoms with E-state index in [1.54, 1.807) is 30.3 Å². The lowest BCUT2D eigenvalue weighted by Gasteiger charge is -2.24. The first-order chi connectivity index (χ1) is 11.5. The number of hydrogen-bond acceptors (Lipinski definition) is 3. The Bertz CT molecular complexity index is 780. The highest BCUT2D eigenvalue weighted by Crippen LogP contribution is 2.36. The lowest BCUT2D eigenvalue weighted by Crippen LogP contribution is -2.40. The van der Waals surface area contributed by atoms with E-state index >= 15 is 0 Å². The number of thiophene rings is 1. The van der Waals surface area contributed by atoms with Gasteiger partial charge in [-0.3, -0.25) is 9.89 Å². The number of benzene rings is 1. The fraction of sp³-hybridized carbons (Fsp3) is 0.333. The fourth-order valence-corrected chi connectivity index (χ4v) is 3.94. The van der Waals surface area contributed by atoms with Crippen LogP contribution in [0.4, 0.5) is 9.80 Å². The molecule has 0 bridgehead atoms. The molecule has 3 rings (SSSR count). The Hall–Kier alpha value is -1.85. The van der Waals surface area contributed by atoms with Gasteiger partial charge in [0.15, 0.2) is 0 Å². The van der Waals surface area contributed by atoms with Gasteiger partial charge in [0.25, 0.3) is 0 Å². The molecule has 4 nitrogen and oxygen atoms in total. The zero-order valence-corrected chi connectivity index (χ0v) is 15.6. The van der Waals surface area contributed by atoms with E-state index in [2.05, 4.69) is 13.0 Å². The third-order valence-corrected chi connectivity index (χ3v) is 5.49. The highest BCUT2D eigenvalue weighted by molar-refractivity contribution is 7.16. The summed E-state index contributed by atoms with van der Waals surface area (Å²) in [5.74, 6) is 0. The molecule has 1 aliphatic rings. The molecule has 0 saturated heterocycles. The van der Waals surface area contributed by atoms with Gasteiger partial charge in [-0.25, -0.2) is 4.79 Å². The standard InChI is InChI=1S/C18H20ClN3OS/c1-4-14-11-15-16(12-5-7-13(19)8-6-12)20-9-10-22(17(15)24-14)18(23)21(2)3/h5-8,11H,4,9-10H2,1-3H3. The quantitative estimate of drug-likeness (QED) is 0.785. The van der Waals surface area contributed by atoms with Gasteiger partial charge < -0.3 is 4.90 Å². The van der Waals surface area contributed by atoms with E-state index in [4.69, 9.17) is 16.6 Å². The SMILES string of the molecule is CCc1cc2c(s1)N(C(=O)N(C)C)CCN=C2c1ccc(Cl)cc1. The molecule has 1 aliphatic heterocycles. The van der Waals surface area contributed by atoms with Crippen LogP contribution in [0, 0.1) is 0 Å². The molecular weight excluding hydrogens is 342 g/mol. The Labute approximate surface area is 151 Å². The predicted octanol–water partition coefficient (Wildman–Crippen LogP) is 4.30. The molecule has 0 aliphatic carbocycles. The van der Waals surface area contributed by atoms with Crippen molar-refractivity contribution in [3.8, 4) is 0 Å². The molecule has 1 aromatic carbocycles. The number of halogens is 1. The van der Waals surface area contributed by atoms with Gasteiger partial charge >= 0.3 is 6.03 Å². The maximum absolute atomic E-state index is 12.6. The number of urea groups is 1. The van der Waals surface area contributed by atoms with Gasteiger partial charge in [0.05, 0.1) is 12.3 Å². The molecule has 1 aromatic heterocycles. The van der Waals surface area contributed by atoms with E-state index in [9.17, 15) is 4.79 Å². The molecule has 0 fully saturated rings. The number of anilines is 1. The highest BCUT2D eigenvalue weighted by atomic mass is 35.5. The molecule has 0 unspecified atom stereocenters. The molecular formula is C18H20ClN3OS. The average Bonchev–Trinajstić information content (AvgIpc) is 2.91. The summed E-state index contributed by atoms with van der Waals surface area (Å²) in [5.41, 5.74) is 3.00. The van der Waals surface area contributed by atoms with E-state index in [0.717, 1.165) is 28.3 Å². The molecule has 0 saturated carbocycles. The van der Waals surface area contributed by atoms with Crippen LogP contribution in [0.15, 0.2) is 35.3 Å². The van der Waals surface area contributed by atoms with Crippen molar-refractivity contribution >= 4 is 39.7 Å². The van der Waals surface area contributed by atoms with Crippen LogP contribution in [-0.2, 0) is 6.42 Å². The second-order valence-corrected chi connectivity index (χ2v) is 7.40. The Morgan fingerprint density at radius 1 is 1.33 bits per heavy atom. The number of carbonyl (C=O) groups excluding carboxylic acids is 1. The number of aryl methyl sites for hydroxylation is 1. The Kier molecular flexibility index (Phi) is 4.92. The monoisotopic (exact) mass is 361 g/mol. The molecule has 0 N–H and O–H groups in total. The number of fused-ring (bicyclic) bond motifs is 1. The zero-order valence-electron chi connectivity index (χ0n) is 14.0. The van der Waals surface area contributed by atoms with Crippen LogP contribution < -0.4 is 4.90 Å². The minimum atomic E-state index is -0.00620. The molecule has 0 radical (unpaired) electrons. The summed E-state index contributed by atoms with van der Waals surface area (Å²) < 4.78 is 0. The van der Waals surface area contributed by atoms with E-state index in [0.29, 0.717) is 18.1 Å². The number of amides is 2. The summed E-state index contributed by atoms with van der Waals surface area (Å²) in [6, 6.07) is 9.87. The topological polar surface area (TPSA) is 35.9 Å². The number of carbonyl (C=O) groups is 1. The summed E-state index contributed by atoms with van der Waals surface area (Å²) in [6.07, 6.45) is 0.940. The summed E-state index contributed by atoms with van der Waals surface area (Å²) in [5, 5.41) is 1.69. The largest absolute Gasteiger partial charge is 0.330 e. The lowest BCUT2D eigenvalue weighted by molar-refractivity contribution is 0.224. The molecule has 24 heavy (non-hydrogen) atoms. The van der Waals surface area contributed by atoms with Crippen LogP contribution in [0.3, 0.4) is 0 Å². The van der Waals surface area contributed by atoms with Crippen molar-refractivity contribution in [2.75, 3.05) is 32.1 Å². The van der Waals surface area contributed by atoms with E-state index in [1.165, 1.54) is 4.88 Å². The van der Waals surface area contributed by atoms with Crippen molar-refractivity contribution in [1.29, 1.82) is 0 Å². The zero-order chi connectivity index (χ0) is 17.3. The van der Waals surface area contributed by atoms with Crippen LogP contribution in [0.2, 0.25) is 5.02 Å². The number of nitrogens with zero attached hydrogens (tertiary/aromatic N) is 3. The maximum Gasteiger partial charge on any atom is 0.324 e. The van der Waals surface area contributed by atoms with Crippen molar-refractivity contribution in [2.24, 2.45) is 4.99 Å². The average molecular weight is 362 g/mol. The Morgan fingerprint density at radius 2 is 2.04 bits per heavy atom. The van der Waals surface area contributed by atoms with Crippen molar-refractivity contribution in [3.63, 3.8) is 0 Å². The number of rotatable bonds is 2. The predicted molar refractivity (Wildman–Crippen MR) is 102 cm³/mol. The van der Waals surface area contributed by atoms with Crippen molar-refractivity contribution < 1.29 is 4.79 Å². The molecule has 0 spiro atoms. The fourth-order valence-electron chi connectivity index (χ4n) is 2.70. The smallest absolute Gasteiger partial charge is 0.324 e. The van der Waals surface area contributed by atoms with Crippen molar-refractivity contribution in [2.45, 2.75) is 13.3 Å². The lowest BCUT2D eigenvalue weighted by atomic mass is 10.0. The molecule has 6 heteroatoms. The summed E-state index contributed by atoms with van der Waals surface area (Å²) >= 11 is 7.69. The Morgan fingerprint density at radius 3 is 2.67 bits per heavy atom. The van der Waals surface area contributed by atoms with E-state index in [-0.39, 0.29) is 6.03 Å². The van der Waals surface area contributed by atoms with Crippen LogP contribution in [0.5, 0.6) is 0 Å². The third kappa shape index (κ3) is 3.19. The first kappa shape index (κ1) is 17.0. The second kappa shape index (κ2) is 6.95. The van der Waals surface area contributed by atoms with Gasteiger partial charge in [-0.2, -0.15) is 0 Å². The van der Waals surface area contributed by atoms with Crippen LogP contribution in [0.25, 0.3) is 0 Å². The van der Waals surface area contributed by atoms with Gasteiger partial charge in [-0.05, 0) is 24.6 Å². The maximum atomic E-state index is 12.6. The molecule has 2 aromatic rings. The Balaban J connectivity index is 2.10. The minimum Gasteiger partial charge on any atom is -0.330 e. The van der Waals surface area contributed by atoms with Gasteiger partial charge in [0, 0.05) is 41.7 Å². The molecule has 0 atom stereocenters. The van der Waals surface area contributed by atoms with E-state index in [1.807, 2.05) is 29.2 Å². The van der Waals surface area contributed by atoms with Crippen LogP contribution >= 0.6 is 22.9 Å². The van der Waals surface area contributed by atoms with Gasteiger partial charge in [0.1, 0.15) is 5.00 Å². The van der Waals surface area contributed by atoms with Crippen molar-refractivity contribution in [1.82, 2.24) is 4.90 Å². The second-order valence-electron chi connectivity index (χ2n) is 5.85. The number of aliphatic imine (C=N–C) groups is 1.